The molecule has 19 heavy (non-hydrogen) atoms. The molecule has 0 spiro atoms. The van der Waals surface area contributed by atoms with Crippen LogP contribution in [0.4, 0.5) is 5.13 Å². The van der Waals surface area contributed by atoms with E-state index in [-0.39, 0.29) is 11.7 Å². The lowest BCUT2D eigenvalue weighted by Gasteiger charge is -1.98. The van der Waals surface area contributed by atoms with E-state index in [0.29, 0.717) is 5.13 Å². The van der Waals surface area contributed by atoms with Gasteiger partial charge in [0.2, 0.25) is 11.0 Å². The van der Waals surface area contributed by atoms with Crippen LogP contribution in [0.15, 0.2) is 34.9 Å². The van der Waals surface area contributed by atoms with E-state index in [1.807, 2.05) is 24.3 Å². The van der Waals surface area contributed by atoms with E-state index >= 15 is 0 Å². The number of rotatable bonds is 4. The van der Waals surface area contributed by atoms with Gasteiger partial charge >= 0.3 is 0 Å². The Hall–Kier alpha value is -1.93. The van der Waals surface area contributed by atoms with Crippen LogP contribution in [0.3, 0.4) is 0 Å². The summed E-state index contributed by atoms with van der Waals surface area (Å²) in [5, 5.41) is 11.3. The summed E-state index contributed by atoms with van der Waals surface area (Å²) in [6.07, 6.45) is 0. The molecule has 0 atom stereocenters. The van der Waals surface area contributed by atoms with Gasteiger partial charge in [0.15, 0.2) is 5.16 Å². The maximum absolute atomic E-state index is 11.7. The lowest BCUT2D eigenvalue weighted by molar-refractivity contribution is -0.113. The molecule has 1 amide bonds. The Balaban J connectivity index is 1.61. The molecule has 2 aromatic heterocycles. The van der Waals surface area contributed by atoms with E-state index in [1.54, 1.807) is 5.51 Å². The fourth-order valence-corrected chi connectivity index (χ4v) is 2.66. The zero-order chi connectivity index (χ0) is 13.1. The van der Waals surface area contributed by atoms with Gasteiger partial charge < -0.3 is 4.98 Å². The summed E-state index contributed by atoms with van der Waals surface area (Å²) in [5.41, 5.74) is 3.44. The molecule has 0 radical (unpaired) electrons. The summed E-state index contributed by atoms with van der Waals surface area (Å²) in [4.78, 5) is 19.2. The van der Waals surface area contributed by atoms with Crippen LogP contribution in [0.2, 0.25) is 0 Å². The number of carbonyl (C=O) groups excluding carboxylic acids is 1. The summed E-state index contributed by atoms with van der Waals surface area (Å²) < 4.78 is 0. The first-order valence-electron chi connectivity index (χ1n) is 5.45. The number of fused-ring (bicyclic) bond motifs is 1. The van der Waals surface area contributed by atoms with Gasteiger partial charge in [-0.1, -0.05) is 35.2 Å². The largest absolute Gasteiger partial charge is 0.333 e. The normalized spacial score (nSPS) is 10.7. The number of thioether (sulfide) groups is 1. The molecule has 8 heteroatoms. The number of anilines is 1. The van der Waals surface area contributed by atoms with Gasteiger partial charge in [-0.05, 0) is 12.1 Å². The molecule has 0 aliphatic heterocycles. The predicted molar refractivity (Wildman–Crippen MR) is 75.4 cm³/mol. The fraction of sp³-hybridized carbons (Fsp3) is 0.0909. The first kappa shape index (κ1) is 12.1. The number of H-pyrrole nitrogens is 1. The number of amides is 1. The van der Waals surface area contributed by atoms with Gasteiger partial charge in [0.05, 0.1) is 16.8 Å². The smallest absolute Gasteiger partial charge is 0.236 e. The molecule has 3 rings (SSSR count). The number of imidazole rings is 1. The minimum absolute atomic E-state index is 0.123. The van der Waals surface area contributed by atoms with E-state index in [2.05, 4.69) is 25.5 Å². The highest BCUT2D eigenvalue weighted by Gasteiger charge is 2.08. The second-order valence-corrected chi connectivity index (χ2v) is 5.44. The van der Waals surface area contributed by atoms with Crippen molar-refractivity contribution in [3.8, 4) is 0 Å². The molecule has 0 saturated carbocycles. The van der Waals surface area contributed by atoms with Gasteiger partial charge in [0, 0.05) is 0 Å². The molecular weight excluding hydrogens is 282 g/mol. The highest BCUT2D eigenvalue weighted by Crippen LogP contribution is 2.19. The first-order chi connectivity index (χ1) is 9.31. The molecule has 96 valence electrons. The topological polar surface area (TPSA) is 83.6 Å². The van der Waals surface area contributed by atoms with Crippen molar-refractivity contribution in [2.24, 2.45) is 0 Å². The van der Waals surface area contributed by atoms with Crippen LogP contribution in [0.25, 0.3) is 11.0 Å². The maximum atomic E-state index is 11.7. The van der Waals surface area contributed by atoms with Crippen molar-refractivity contribution in [1.82, 2.24) is 20.2 Å². The maximum Gasteiger partial charge on any atom is 0.236 e. The minimum atomic E-state index is -0.123. The third-order valence-electron chi connectivity index (χ3n) is 2.31. The van der Waals surface area contributed by atoms with Gasteiger partial charge in [0.25, 0.3) is 0 Å². The zero-order valence-corrected chi connectivity index (χ0v) is 11.3. The van der Waals surface area contributed by atoms with Crippen LogP contribution < -0.4 is 5.32 Å². The van der Waals surface area contributed by atoms with Gasteiger partial charge in [-0.25, -0.2) is 4.98 Å². The molecule has 0 aliphatic carbocycles. The molecule has 2 heterocycles. The van der Waals surface area contributed by atoms with Crippen LogP contribution in [0.1, 0.15) is 0 Å². The number of hydrogen-bond donors (Lipinski definition) is 2. The van der Waals surface area contributed by atoms with Crippen LogP contribution in [-0.4, -0.2) is 31.8 Å². The summed E-state index contributed by atoms with van der Waals surface area (Å²) >= 11 is 2.64. The fourth-order valence-electron chi connectivity index (χ4n) is 1.51. The number of nitrogens with zero attached hydrogens (tertiary/aromatic N) is 3. The number of benzene rings is 1. The Bertz CT molecular complexity index is 661. The molecule has 0 aliphatic rings. The van der Waals surface area contributed by atoms with E-state index < -0.39 is 0 Å². The zero-order valence-electron chi connectivity index (χ0n) is 9.66. The summed E-state index contributed by atoms with van der Waals surface area (Å²) in [7, 11) is 0. The Morgan fingerprint density at radius 1 is 1.42 bits per heavy atom. The van der Waals surface area contributed by atoms with Gasteiger partial charge in [-0.15, -0.1) is 10.2 Å². The van der Waals surface area contributed by atoms with Crippen molar-refractivity contribution >= 4 is 45.2 Å². The van der Waals surface area contributed by atoms with Crippen molar-refractivity contribution in [3.63, 3.8) is 0 Å². The molecule has 0 bridgehead atoms. The average Bonchev–Trinajstić information content (AvgIpc) is 3.04. The Morgan fingerprint density at radius 3 is 3.11 bits per heavy atom. The number of aromatic amines is 1. The quantitative estimate of drug-likeness (QED) is 0.720. The van der Waals surface area contributed by atoms with Crippen LogP contribution in [-0.2, 0) is 4.79 Å². The van der Waals surface area contributed by atoms with Crippen LogP contribution in [0.5, 0.6) is 0 Å². The lowest BCUT2D eigenvalue weighted by Crippen LogP contribution is -2.13. The third kappa shape index (κ3) is 2.91. The Morgan fingerprint density at radius 2 is 2.32 bits per heavy atom. The number of hydrogen-bond acceptors (Lipinski definition) is 6. The number of carbonyl (C=O) groups is 1. The Labute approximate surface area is 116 Å². The van der Waals surface area contributed by atoms with Crippen molar-refractivity contribution in [3.05, 3.63) is 29.8 Å². The highest BCUT2D eigenvalue weighted by molar-refractivity contribution is 7.99. The second-order valence-electron chi connectivity index (χ2n) is 3.64. The van der Waals surface area contributed by atoms with Crippen LogP contribution >= 0.6 is 23.1 Å². The molecular formula is C11H9N5OS2. The van der Waals surface area contributed by atoms with Crippen molar-refractivity contribution in [2.75, 3.05) is 11.1 Å². The second kappa shape index (κ2) is 5.37. The molecule has 2 N–H and O–H groups in total. The highest BCUT2D eigenvalue weighted by atomic mass is 32.2. The predicted octanol–water partition coefficient (Wildman–Crippen LogP) is 2.15. The Kier molecular flexibility index (Phi) is 3.43. The summed E-state index contributed by atoms with van der Waals surface area (Å²) in [5.74, 6) is 0.154. The van der Waals surface area contributed by atoms with Gasteiger partial charge in [-0.3, -0.25) is 10.1 Å². The van der Waals surface area contributed by atoms with E-state index in [0.717, 1.165) is 16.2 Å². The SMILES string of the molecule is O=C(CSc1nc2ccccc2[nH]1)Nc1nncs1. The summed E-state index contributed by atoms with van der Waals surface area (Å²) in [6.45, 7) is 0. The van der Waals surface area contributed by atoms with Crippen molar-refractivity contribution in [2.45, 2.75) is 5.16 Å². The number of aromatic nitrogens is 4. The molecule has 1 aromatic carbocycles. The minimum Gasteiger partial charge on any atom is -0.333 e. The van der Waals surface area contributed by atoms with Gasteiger partial charge in [-0.2, -0.15) is 0 Å². The van der Waals surface area contributed by atoms with E-state index in [9.17, 15) is 4.79 Å². The monoisotopic (exact) mass is 291 g/mol. The van der Waals surface area contributed by atoms with Crippen molar-refractivity contribution in [1.29, 1.82) is 0 Å². The standard InChI is InChI=1S/C11H9N5OS2/c17-9(15-11-16-12-6-19-11)5-18-10-13-7-3-1-2-4-8(7)14-10/h1-4,6H,5H2,(H,13,14)(H,15,16,17). The summed E-state index contributed by atoms with van der Waals surface area (Å²) in [6, 6.07) is 7.75. The molecule has 3 aromatic rings. The van der Waals surface area contributed by atoms with Gasteiger partial charge in [0.1, 0.15) is 5.51 Å². The molecule has 0 fully saturated rings. The third-order valence-corrected chi connectivity index (χ3v) is 3.79. The lowest BCUT2D eigenvalue weighted by atomic mass is 10.3. The number of nitrogens with one attached hydrogen (secondary N) is 2. The van der Waals surface area contributed by atoms with Crippen molar-refractivity contribution < 1.29 is 4.79 Å². The average molecular weight is 291 g/mol. The number of para-hydroxylation sites is 2. The molecule has 0 unspecified atom stereocenters. The van der Waals surface area contributed by atoms with Crippen LogP contribution in [0, 0.1) is 0 Å². The first-order valence-corrected chi connectivity index (χ1v) is 7.31. The molecule has 6 nitrogen and oxygen atoms in total. The molecule has 0 saturated heterocycles. The van der Waals surface area contributed by atoms with E-state index in [1.165, 1.54) is 23.1 Å². The van der Waals surface area contributed by atoms with E-state index in [4.69, 9.17) is 0 Å².